The maximum Gasteiger partial charge on any atom is 0.254 e. The third-order valence-electron chi connectivity index (χ3n) is 4.63. The summed E-state index contributed by atoms with van der Waals surface area (Å²) in [5.41, 5.74) is 1.00. The van der Waals surface area contributed by atoms with Crippen LogP contribution in [0.1, 0.15) is 35.3 Å². The Bertz CT molecular complexity index is 780. The summed E-state index contributed by atoms with van der Waals surface area (Å²) in [6.45, 7) is 2.56. The molecule has 128 valence electrons. The minimum Gasteiger partial charge on any atom is -0.393 e. The van der Waals surface area contributed by atoms with Gasteiger partial charge in [-0.3, -0.25) is 9.78 Å². The molecule has 1 aromatic carbocycles. The molecular formula is C18H21ClN2O3. The zero-order valence-corrected chi connectivity index (χ0v) is 14.4. The Kier molecular flexibility index (Phi) is 4.76. The summed E-state index contributed by atoms with van der Waals surface area (Å²) in [6.07, 6.45) is 1.53. The first-order valence-corrected chi connectivity index (χ1v) is 8.49. The molecule has 1 aliphatic heterocycles. The lowest BCUT2D eigenvalue weighted by atomic mass is 9.96. The molecule has 1 atom stereocenters. The topological polar surface area (TPSA) is 73.7 Å². The molecular weight excluding hydrogens is 328 g/mol. The monoisotopic (exact) mass is 348 g/mol. The number of nitrogens with zero attached hydrogens (tertiary/aromatic N) is 2. The van der Waals surface area contributed by atoms with E-state index in [1.807, 2.05) is 13.0 Å². The average Bonchev–Trinajstić information content (AvgIpc) is 2.76. The van der Waals surface area contributed by atoms with Crippen LogP contribution in [0.2, 0.25) is 5.02 Å². The van der Waals surface area contributed by atoms with Crippen molar-refractivity contribution < 1.29 is 15.0 Å². The summed E-state index contributed by atoms with van der Waals surface area (Å²) in [6, 6.07) is 7.12. The van der Waals surface area contributed by atoms with Crippen LogP contribution in [0.5, 0.6) is 0 Å². The van der Waals surface area contributed by atoms with Crippen molar-refractivity contribution in [1.82, 2.24) is 9.88 Å². The first-order valence-electron chi connectivity index (χ1n) is 8.11. The number of hydrogen-bond donors (Lipinski definition) is 2. The summed E-state index contributed by atoms with van der Waals surface area (Å²) in [5, 5.41) is 20.9. The molecule has 2 aromatic rings. The van der Waals surface area contributed by atoms with Crippen LogP contribution in [0.15, 0.2) is 24.3 Å². The van der Waals surface area contributed by atoms with E-state index in [-0.39, 0.29) is 12.5 Å². The third kappa shape index (κ3) is 3.38. The molecule has 0 unspecified atom stereocenters. The number of hydrogen-bond acceptors (Lipinski definition) is 4. The third-order valence-corrected chi connectivity index (χ3v) is 4.86. The van der Waals surface area contributed by atoms with Crippen LogP contribution in [0.25, 0.3) is 10.9 Å². The molecule has 0 aliphatic carbocycles. The minimum absolute atomic E-state index is 0.0880. The Morgan fingerprint density at radius 3 is 2.88 bits per heavy atom. The van der Waals surface area contributed by atoms with Crippen molar-refractivity contribution in [3.8, 4) is 0 Å². The highest BCUT2D eigenvalue weighted by Crippen LogP contribution is 2.26. The Hall–Kier alpha value is -1.69. The molecule has 1 aliphatic rings. The molecule has 5 nitrogen and oxygen atoms in total. The van der Waals surface area contributed by atoms with Crippen molar-refractivity contribution in [2.45, 2.75) is 31.8 Å². The zero-order chi connectivity index (χ0) is 17.3. The minimum atomic E-state index is -1.09. The lowest BCUT2D eigenvalue weighted by molar-refractivity contribution is -0.0250. The van der Waals surface area contributed by atoms with E-state index in [1.54, 1.807) is 23.1 Å². The number of rotatable bonds is 2. The summed E-state index contributed by atoms with van der Waals surface area (Å²) >= 11 is 6.09. The fourth-order valence-corrected chi connectivity index (χ4v) is 3.39. The van der Waals surface area contributed by atoms with Gasteiger partial charge in [0.1, 0.15) is 0 Å². The molecule has 1 fully saturated rings. The maximum atomic E-state index is 13.0. The number of likely N-dealkylation sites (tertiary alicyclic amines) is 1. The number of aliphatic hydroxyl groups is 2. The average molecular weight is 349 g/mol. The molecule has 2 N–H and O–H groups in total. The number of fused-ring (bicyclic) bond motifs is 1. The van der Waals surface area contributed by atoms with Gasteiger partial charge in [-0.1, -0.05) is 11.6 Å². The van der Waals surface area contributed by atoms with E-state index in [4.69, 9.17) is 11.6 Å². The van der Waals surface area contributed by atoms with Crippen molar-refractivity contribution >= 4 is 28.4 Å². The van der Waals surface area contributed by atoms with Crippen LogP contribution >= 0.6 is 11.6 Å². The van der Waals surface area contributed by atoms with Gasteiger partial charge in [-0.25, -0.2) is 0 Å². The SMILES string of the molecule is Cc1cc(C(=O)N2CCC[C@](O)(CO)CC2)c2cc(Cl)ccc2n1. The highest BCUT2D eigenvalue weighted by Gasteiger charge is 2.31. The Morgan fingerprint density at radius 1 is 1.33 bits per heavy atom. The smallest absolute Gasteiger partial charge is 0.254 e. The van der Waals surface area contributed by atoms with E-state index < -0.39 is 5.60 Å². The number of amides is 1. The molecule has 0 bridgehead atoms. The van der Waals surface area contributed by atoms with Crippen molar-refractivity contribution in [2.24, 2.45) is 0 Å². The van der Waals surface area contributed by atoms with Gasteiger partial charge >= 0.3 is 0 Å². The lowest BCUT2D eigenvalue weighted by Crippen LogP contribution is -2.36. The first-order chi connectivity index (χ1) is 11.4. The van der Waals surface area contributed by atoms with Gasteiger partial charge in [0.25, 0.3) is 5.91 Å². The second kappa shape index (κ2) is 6.67. The number of aromatic nitrogens is 1. The number of carbonyl (C=O) groups excluding carboxylic acids is 1. The van der Waals surface area contributed by atoms with E-state index in [2.05, 4.69) is 4.98 Å². The molecule has 1 saturated heterocycles. The molecule has 0 spiro atoms. The van der Waals surface area contributed by atoms with Crippen LogP contribution in [-0.4, -0.2) is 51.3 Å². The molecule has 6 heteroatoms. The van der Waals surface area contributed by atoms with Crippen LogP contribution in [0, 0.1) is 6.92 Å². The van der Waals surface area contributed by atoms with Gasteiger partial charge in [0.15, 0.2) is 0 Å². The van der Waals surface area contributed by atoms with E-state index in [1.165, 1.54) is 0 Å². The number of carbonyl (C=O) groups is 1. The van der Waals surface area contributed by atoms with Crippen LogP contribution in [0.3, 0.4) is 0 Å². The molecule has 3 rings (SSSR count). The Labute approximate surface area is 145 Å². The Morgan fingerprint density at radius 2 is 2.12 bits per heavy atom. The van der Waals surface area contributed by atoms with E-state index in [9.17, 15) is 15.0 Å². The van der Waals surface area contributed by atoms with Gasteiger partial charge in [0.05, 0.1) is 23.3 Å². The van der Waals surface area contributed by atoms with Crippen molar-refractivity contribution in [3.63, 3.8) is 0 Å². The molecule has 2 heterocycles. The van der Waals surface area contributed by atoms with Crippen molar-refractivity contribution in [3.05, 3.63) is 40.5 Å². The fraction of sp³-hybridized carbons (Fsp3) is 0.444. The van der Waals surface area contributed by atoms with Gasteiger partial charge in [-0.15, -0.1) is 0 Å². The number of benzene rings is 1. The molecule has 1 amide bonds. The second-order valence-electron chi connectivity index (χ2n) is 6.50. The largest absolute Gasteiger partial charge is 0.393 e. The Balaban J connectivity index is 1.95. The van der Waals surface area contributed by atoms with Crippen molar-refractivity contribution in [1.29, 1.82) is 0 Å². The molecule has 0 saturated carbocycles. The second-order valence-corrected chi connectivity index (χ2v) is 6.94. The highest BCUT2D eigenvalue weighted by molar-refractivity contribution is 6.31. The predicted octanol–water partition coefficient (Wildman–Crippen LogP) is 2.55. The summed E-state index contributed by atoms with van der Waals surface area (Å²) in [7, 11) is 0. The number of halogens is 1. The number of aryl methyl sites for hydroxylation is 1. The van der Waals surface area contributed by atoms with Crippen LogP contribution < -0.4 is 0 Å². The standard InChI is InChI=1S/C18H21ClN2O3/c1-12-9-15(14-10-13(19)3-4-16(14)20-12)17(23)21-7-2-5-18(24,11-22)6-8-21/h3-4,9-10,22,24H,2,5-8,11H2,1H3/t18-/m1/s1. The first kappa shape index (κ1) is 17.1. The van der Waals surface area contributed by atoms with Gasteiger partial charge in [0, 0.05) is 29.2 Å². The maximum absolute atomic E-state index is 13.0. The van der Waals surface area contributed by atoms with E-state index in [0.29, 0.717) is 42.9 Å². The number of aliphatic hydroxyl groups excluding tert-OH is 1. The van der Waals surface area contributed by atoms with Crippen LogP contribution in [-0.2, 0) is 0 Å². The fourth-order valence-electron chi connectivity index (χ4n) is 3.22. The zero-order valence-electron chi connectivity index (χ0n) is 13.6. The molecule has 0 radical (unpaired) electrons. The molecule has 1 aromatic heterocycles. The molecule has 24 heavy (non-hydrogen) atoms. The number of pyridine rings is 1. The predicted molar refractivity (Wildman–Crippen MR) is 93.3 cm³/mol. The van der Waals surface area contributed by atoms with Gasteiger partial charge in [0.2, 0.25) is 0 Å². The van der Waals surface area contributed by atoms with Crippen molar-refractivity contribution in [2.75, 3.05) is 19.7 Å². The van der Waals surface area contributed by atoms with E-state index >= 15 is 0 Å². The highest BCUT2D eigenvalue weighted by atomic mass is 35.5. The summed E-state index contributed by atoms with van der Waals surface area (Å²) in [4.78, 5) is 19.2. The summed E-state index contributed by atoms with van der Waals surface area (Å²) in [5.74, 6) is -0.0880. The van der Waals surface area contributed by atoms with Crippen LogP contribution in [0.4, 0.5) is 0 Å². The lowest BCUT2D eigenvalue weighted by Gasteiger charge is -2.24. The van der Waals surface area contributed by atoms with E-state index in [0.717, 1.165) is 16.6 Å². The summed E-state index contributed by atoms with van der Waals surface area (Å²) < 4.78 is 0. The van der Waals surface area contributed by atoms with Gasteiger partial charge in [-0.2, -0.15) is 0 Å². The van der Waals surface area contributed by atoms with Gasteiger partial charge in [-0.05, 0) is 50.5 Å². The normalized spacial score (nSPS) is 21.8. The van der Waals surface area contributed by atoms with Gasteiger partial charge < -0.3 is 15.1 Å². The quantitative estimate of drug-likeness (QED) is 0.874.